The van der Waals surface area contributed by atoms with Gasteiger partial charge in [-0.05, 0) is 6.92 Å². The van der Waals surface area contributed by atoms with E-state index in [2.05, 4.69) is 10.6 Å². The van der Waals surface area contributed by atoms with E-state index in [1.807, 2.05) is 0 Å². The highest BCUT2D eigenvalue weighted by molar-refractivity contribution is 5.87. The van der Waals surface area contributed by atoms with Crippen molar-refractivity contribution in [3.63, 3.8) is 0 Å². The summed E-state index contributed by atoms with van der Waals surface area (Å²) in [5.41, 5.74) is 0. The Bertz CT molecular complexity index is 331. The van der Waals surface area contributed by atoms with Crippen LogP contribution in [0.25, 0.3) is 0 Å². The predicted octanol–water partition coefficient (Wildman–Crippen LogP) is -1.27. The Morgan fingerprint density at radius 2 is 2.00 bits per heavy atom. The third-order valence-electron chi connectivity index (χ3n) is 2.54. The lowest BCUT2D eigenvalue weighted by Crippen LogP contribution is -2.50. The van der Waals surface area contributed by atoms with E-state index >= 15 is 0 Å². The van der Waals surface area contributed by atoms with E-state index in [1.54, 1.807) is 0 Å². The summed E-state index contributed by atoms with van der Waals surface area (Å²) in [7, 11) is 0. The summed E-state index contributed by atoms with van der Waals surface area (Å²) < 4.78 is 5.01. The minimum Gasteiger partial charge on any atom is -0.481 e. The highest BCUT2D eigenvalue weighted by Gasteiger charge is 2.35. The third-order valence-corrected chi connectivity index (χ3v) is 2.54. The first-order chi connectivity index (χ1) is 7.91. The van der Waals surface area contributed by atoms with Crippen molar-refractivity contribution in [2.24, 2.45) is 5.92 Å². The SMILES string of the molecule is CC(=O)NC(C)C(=O)NC1COCC1C(=O)O. The van der Waals surface area contributed by atoms with Gasteiger partial charge in [-0.2, -0.15) is 0 Å². The molecule has 1 heterocycles. The van der Waals surface area contributed by atoms with Crippen molar-refractivity contribution in [2.75, 3.05) is 13.2 Å². The molecule has 96 valence electrons. The molecule has 1 saturated heterocycles. The van der Waals surface area contributed by atoms with Gasteiger partial charge in [0, 0.05) is 6.92 Å². The highest BCUT2D eigenvalue weighted by Crippen LogP contribution is 2.13. The van der Waals surface area contributed by atoms with Gasteiger partial charge in [0.2, 0.25) is 11.8 Å². The average molecular weight is 244 g/mol. The minimum atomic E-state index is -1.00. The second kappa shape index (κ2) is 5.62. The van der Waals surface area contributed by atoms with Crippen LogP contribution in [0.4, 0.5) is 0 Å². The summed E-state index contributed by atoms with van der Waals surface area (Å²) in [5.74, 6) is -2.46. The maximum absolute atomic E-state index is 11.6. The molecule has 0 aromatic rings. The first-order valence-corrected chi connectivity index (χ1v) is 5.30. The lowest BCUT2D eigenvalue weighted by molar-refractivity contribution is -0.142. The molecule has 3 atom stereocenters. The number of hydrogen-bond acceptors (Lipinski definition) is 4. The molecule has 3 N–H and O–H groups in total. The molecule has 0 aliphatic carbocycles. The first-order valence-electron chi connectivity index (χ1n) is 5.30. The number of carboxylic acids is 1. The monoisotopic (exact) mass is 244 g/mol. The zero-order valence-corrected chi connectivity index (χ0v) is 9.73. The number of carbonyl (C=O) groups is 3. The lowest BCUT2D eigenvalue weighted by atomic mass is 10.0. The smallest absolute Gasteiger partial charge is 0.311 e. The Balaban J connectivity index is 2.50. The van der Waals surface area contributed by atoms with Crippen LogP contribution in [0.2, 0.25) is 0 Å². The van der Waals surface area contributed by atoms with Crippen LogP contribution in [-0.4, -0.2) is 48.2 Å². The maximum Gasteiger partial charge on any atom is 0.311 e. The molecule has 2 amide bonds. The van der Waals surface area contributed by atoms with Gasteiger partial charge in [0.1, 0.15) is 12.0 Å². The fraction of sp³-hybridized carbons (Fsp3) is 0.700. The Morgan fingerprint density at radius 1 is 1.35 bits per heavy atom. The van der Waals surface area contributed by atoms with Gasteiger partial charge in [0.15, 0.2) is 0 Å². The van der Waals surface area contributed by atoms with Crippen LogP contribution in [0.5, 0.6) is 0 Å². The molecule has 0 spiro atoms. The van der Waals surface area contributed by atoms with Crippen LogP contribution >= 0.6 is 0 Å². The van der Waals surface area contributed by atoms with Crippen LogP contribution in [0.3, 0.4) is 0 Å². The van der Waals surface area contributed by atoms with Crippen molar-refractivity contribution in [1.82, 2.24) is 10.6 Å². The fourth-order valence-electron chi connectivity index (χ4n) is 1.62. The maximum atomic E-state index is 11.6. The molecule has 7 nitrogen and oxygen atoms in total. The lowest BCUT2D eigenvalue weighted by Gasteiger charge is -2.19. The van der Waals surface area contributed by atoms with Crippen LogP contribution in [-0.2, 0) is 19.1 Å². The largest absolute Gasteiger partial charge is 0.481 e. The Labute approximate surface area is 98.5 Å². The van der Waals surface area contributed by atoms with Crippen LogP contribution in [0, 0.1) is 5.92 Å². The first kappa shape index (κ1) is 13.4. The van der Waals surface area contributed by atoms with Crippen molar-refractivity contribution in [2.45, 2.75) is 25.9 Å². The van der Waals surface area contributed by atoms with Gasteiger partial charge in [0.25, 0.3) is 0 Å². The number of nitrogens with one attached hydrogen (secondary N) is 2. The van der Waals surface area contributed by atoms with E-state index in [-0.39, 0.29) is 19.1 Å². The van der Waals surface area contributed by atoms with Crippen molar-refractivity contribution in [1.29, 1.82) is 0 Å². The molecule has 0 saturated carbocycles. The molecular weight excluding hydrogens is 228 g/mol. The van der Waals surface area contributed by atoms with E-state index in [0.717, 1.165) is 0 Å². The molecule has 3 unspecified atom stereocenters. The standard InChI is InChI=1S/C10H16N2O5/c1-5(11-6(2)13)9(14)12-8-4-17-3-7(8)10(15)16/h5,7-8H,3-4H2,1-2H3,(H,11,13)(H,12,14)(H,15,16). The second-order valence-corrected chi connectivity index (χ2v) is 4.02. The minimum absolute atomic E-state index is 0.0921. The highest BCUT2D eigenvalue weighted by atomic mass is 16.5. The van der Waals surface area contributed by atoms with Gasteiger partial charge in [-0.1, -0.05) is 0 Å². The summed E-state index contributed by atoms with van der Waals surface area (Å²) in [6.45, 7) is 3.11. The van der Waals surface area contributed by atoms with Crippen molar-refractivity contribution in [3.8, 4) is 0 Å². The van der Waals surface area contributed by atoms with Gasteiger partial charge in [-0.3, -0.25) is 14.4 Å². The van der Waals surface area contributed by atoms with Crippen LogP contribution in [0.15, 0.2) is 0 Å². The van der Waals surface area contributed by atoms with Crippen LogP contribution < -0.4 is 10.6 Å². The molecule has 0 radical (unpaired) electrons. The van der Waals surface area contributed by atoms with Crippen molar-refractivity contribution >= 4 is 17.8 Å². The molecule has 7 heteroatoms. The average Bonchev–Trinajstić information content (AvgIpc) is 2.64. The number of carboxylic acid groups (broad SMARTS) is 1. The van der Waals surface area contributed by atoms with Gasteiger partial charge >= 0.3 is 5.97 Å². The normalized spacial score (nSPS) is 25.1. The van der Waals surface area contributed by atoms with E-state index in [0.29, 0.717) is 0 Å². The number of aliphatic carboxylic acids is 1. The quantitative estimate of drug-likeness (QED) is 0.571. The second-order valence-electron chi connectivity index (χ2n) is 4.02. The molecule has 1 fully saturated rings. The molecule has 1 rings (SSSR count). The van der Waals surface area contributed by atoms with E-state index < -0.39 is 29.9 Å². The molecule has 0 aromatic heterocycles. The Morgan fingerprint density at radius 3 is 2.53 bits per heavy atom. The molecule has 0 aromatic carbocycles. The van der Waals surface area contributed by atoms with Crippen molar-refractivity contribution in [3.05, 3.63) is 0 Å². The number of hydrogen-bond donors (Lipinski definition) is 3. The third kappa shape index (κ3) is 3.70. The summed E-state index contributed by atoms with van der Waals surface area (Å²) in [4.78, 5) is 33.2. The van der Waals surface area contributed by atoms with E-state index in [4.69, 9.17) is 9.84 Å². The number of carbonyl (C=O) groups excluding carboxylic acids is 2. The summed E-state index contributed by atoms with van der Waals surface area (Å²) >= 11 is 0. The summed E-state index contributed by atoms with van der Waals surface area (Å²) in [5, 5.41) is 13.9. The zero-order chi connectivity index (χ0) is 13.0. The van der Waals surface area contributed by atoms with E-state index in [9.17, 15) is 14.4 Å². The van der Waals surface area contributed by atoms with Gasteiger partial charge in [0.05, 0.1) is 19.3 Å². The predicted molar refractivity (Wildman–Crippen MR) is 57.2 cm³/mol. The molecule has 1 aliphatic rings. The van der Waals surface area contributed by atoms with Gasteiger partial charge < -0.3 is 20.5 Å². The fourth-order valence-corrected chi connectivity index (χ4v) is 1.62. The Kier molecular flexibility index (Phi) is 4.45. The number of rotatable bonds is 4. The number of amides is 2. The zero-order valence-electron chi connectivity index (χ0n) is 9.73. The molecule has 1 aliphatic heterocycles. The number of ether oxygens (including phenoxy) is 1. The topological polar surface area (TPSA) is 105 Å². The summed E-state index contributed by atoms with van der Waals surface area (Å²) in [6.07, 6.45) is 0. The van der Waals surface area contributed by atoms with Crippen LogP contribution in [0.1, 0.15) is 13.8 Å². The molecule has 0 bridgehead atoms. The van der Waals surface area contributed by atoms with Gasteiger partial charge in [-0.15, -0.1) is 0 Å². The van der Waals surface area contributed by atoms with E-state index in [1.165, 1.54) is 13.8 Å². The molecule has 17 heavy (non-hydrogen) atoms. The summed E-state index contributed by atoms with van der Waals surface area (Å²) in [6, 6.07) is -1.24. The molecular formula is C10H16N2O5. The Hall–Kier alpha value is -1.63. The van der Waals surface area contributed by atoms with Crippen molar-refractivity contribution < 1.29 is 24.2 Å². The van der Waals surface area contributed by atoms with Gasteiger partial charge in [-0.25, -0.2) is 0 Å².